The van der Waals surface area contributed by atoms with Gasteiger partial charge in [0.05, 0.1) is 17.1 Å². The van der Waals surface area contributed by atoms with Gasteiger partial charge in [0.2, 0.25) is 5.91 Å². The molecule has 3 aromatic rings. The van der Waals surface area contributed by atoms with Gasteiger partial charge in [0.1, 0.15) is 0 Å². The summed E-state index contributed by atoms with van der Waals surface area (Å²) in [5.74, 6) is -0.371. The quantitative estimate of drug-likeness (QED) is 0.414. The Balaban J connectivity index is 1.57. The van der Waals surface area contributed by atoms with Crippen molar-refractivity contribution in [3.8, 4) is 0 Å². The Morgan fingerprint density at radius 2 is 1.43 bits per heavy atom. The standard InChI is InChI=1S/C28H29F3N2O3S/c1-2-37(35,36)25-16-10-21(11-17-25)20-26(34)32-24-14-12-23(13-15-24)27(28(29,30)31,33-18-6-7-19-33)22-8-4-3-5-9-22/h3-5,8-17H,2,6-7,18-20H2,1H3,(H,32,34). The number of hydrogen-bond donors (Lipinski definition) is 1. The van der Waals surface area contributed by atoms with E-state index in [9.17, 15) is 26.4 Å². The molecule has 1 heterocycles. The van der Waals surface area contributed by atoms with Crippen molar-refractivity contribution >= 4 is 21.4 Å². The van der Waals surface area contributed by atoms with Crippen LogP contribution >= 0.6 is 0 Å². The zero-order chi connectivity index (χ0) is 26.7. The highest BCUT2D eigenvalue weighted by Crippen LogP contribution is 2.50. The van der Waals surface area contributed by atoms with Crippen LogP contribution in [-0.2, 0) is 26.6 Å². The second-order valence-electron chi connectivity index (χ2n) is 9.12. The Hall–Kier alpha value is -3.17. The van der Waals surface area contributed by atoms with E-state index in [0.717, 1.165) is 0 Å². The lowest BCUT2D eigenvalue weighted by Crippen LogP contribution is -2.56. The number of alkyl halides is 3. The smallest absolute Gasteiger partial charge is 0.326 e. The molecule has 0 radical (unpaired) electrons. The van der Waals surface area contributed by atoms with Crippen molar-refractivity contribution in [1.29, 1.82) is 0 Å². The zero-order valence-electron chi connectivity index (χ0n) is 20.5. The maximum atomic E-state index is 14.9. The van der Waals surface area contributed by atoms with Crippen molar-refractivity contribution in [3.63, 3.8) is 0 Å². The fourth-order valence-corrected chi connectivity index (χ4v) is 5.82. The van der Waals surface area contributed by atoms with Crippen LogP contribution in [0.15, 0.2) is 83.8 Å². The summed E-state index contributed by atoms with van der Waals surface area (Å²) in [6.07, 6.45) is -3.17. The fraction of sp³-hybridized carbons (Fsp3) is 0.321. The third-order valence-corrected chi connectivity index (χ3v) is 8.55. The number of nitrogens with zero attached hydrogens (tertiary/aromatic N) is 1. The lowest BCUT2D eigenvalue weighted by molar-refractivity contribution is -0.219. The average molecular weight is 531 g/mol. The Bertz CT molecular complexity index is 1320. The molecule has 196 valence electrons. The molecule has 1 unspecified atom stereocenters. The molecule has 0 saturated carbocycles. The van der Waals surface area contributed by atoms with Gasteiger partial charge >= 0.3 is 6.18 Å². The predicted molar refractivity (Wildman–Crippen MR) is 137 cm³/mol. The highest BCUT2D eigenvalue weighted by molar-refractivity contribution is 7.91. The minimum atomic E-state index is -4.57. The predicted octanol–water partition coefficient (Wildman–Crippen LogP) is 5.56. The maximum absolute atomic E-state index is 14.9. The molecule has 0 bridgehead atoms. The average Bonchev–Trinajstić information content (AvgIpc) is 3.40. The zero-order valence-corrected chi connectivity index (χ0v) is 21.3. The Kier molecular flexibility index (Phi) is 7.75. The van der Waals surface area contributed by atoms with Gasteiger partial charge in [-0.05, 0) is 66.9 Å². The number of carbonyl (C=O) groups is 1. The summed E-state index contributed by atoms with van der Waals surface area (Å²) in [6, 6.07) is 19.9. The molecule has 5 nitrogen and oxygen atoms in total. The number of sulfone groups is 1. The SMILES string of the molecule is CCS(=O)(=O)c1ccc(CC(=O)Nc2ccc(C(c3ccccc3)(N3CCCC3)C(F)(F)F)cc2)cc1. The van der Waals surface area contributed by atoms with Crippen LogP contribution in [0.4, 0.5) is 18.9 Å². The molecule has 1 amide bonds. The summed E-state index contributed by atoms with van der Waals surface area (Å²) >= 11 is 0. The van der Waals surface area contributed by atoms with E-state index in [0.29, 0.717) is 37.2 Å². The molecule has 3 aromatic carbocycles. The highest BCUT2D eigenvalue weighted by Gasteiger charge is 2.61. The van der Waals surface area contributed by atoms with Gasteiger partial charge in [0.25, 0.3) is 0 Å². The van der Waals surface area contributed by atoms with Crippen LogP contribution in [-0.4, -0.2) is 44.2 Å². The summed E-state index contributed by atoms with van der Waals surface area (Å²) in [5, 5.41) is 2.72. The number of rotatable bonds is 8. The summed E-state index contributed by atoms with van der Waals surface area (Å²) in [5.41, 5.74) is -1.02. The number of likely N-dealkylation sites (tertiary alicyclic amines) is 1. The lowest BCUT2D eigenvalue weighted by atomic mass is 9.80. The lowest BCUT2D eigenvalue weighted by Gasteiger charge is -2.44. The topological polar surface area (TPSA) is 66.5 Å². The van der Waals surface area contributed by atoms with E-state index in [1.54, 1.807) is 37.3 Å². The highest BCUT2D eigenvalue weighted by atomic mass is 32.2. The number of benzene rings is 3. The van der Waals surface area contributed by atoms with Crippen molar-refractivity contribution < 1.29 is 26.4 Å². The van der Waals surface area contributed by atoms with Gasteiger partial charge in [-0.1, -0.05) is 61.5 Å². The molecular weight excluding hydrogens is 501 g/mol. The van der Waals surface area contributed by atoms with E-state index >= 15 is 0 Å². The Morgan fingerprint density at radius 1 is 0.865 bits per heavy atom. The second kappa shape index (κ2) is 10.7. The molecule has 1 atom stereocenters. The van der Waals surface area contributed by atoms with E-state index in [4.69, 9.17) is 0 Å². The first-order valence-electron chi connectivity index (χ1n) is 12.2. The third kappa shape index (κ3) is 5.43. The number of carbonyl (C=O) groups excluding carboxylic acids is 1. The summed E-state index contributed by atoms with van der Waals surface area (Å²) in [7, 11) is -3.33. The van der Waals surface area contributed by atoms with Gasteiger partial charge in [0, 0.05) is 5.69 Å². The molecule has 1 N–H and O–H groups in total. The van der Waals surface area contributed by atoms with Crippen LogP contribution in [0.1, 0.15) is 36.5 Å². The minimum absolute atomic E-state index is 0.00150. The van der Waals surface area contributed by atoms with Crippen LogP contribution in [0.25, 0.3) is 0 Å². The molecule has 1 aliphatic rings. The molecule has 1 fully saturated rings. The fourth-order valence-electron chi connectivity index (χ4n) is 4.94. The first-order valence-corrected chi connectivity index (χ1v) is 13.8. The number of halogens is 3. The van der Waals surface area contributed by atoms with E-state index in [-0.39, 0.29) is 34.1 Å². The van der Waals surface area contributed by atoms with Gasteiger partial charge in [-0.25, -0.2) is 8.42 Å². The molecule has 1 aliphatic heterocycles. The van der Waals surface area contributed by atoms with E-state index in [1.165, 1.54) is 53.4 Å². The van der Waals surface area contributed by atoms with E-state index < -0.39 is 21.6 Å². The molecule has 4 rings (SSSR count). The van der Waals surface area contributed by atoms with Crippen molar-refractivity contribution in [2.45, 2.75) is 42.8 Å². The number of anilines is 1. The molecule has 0 spiro atoms. The Labute approximate surface area is 215 Å². The van der Waals surface area contributed by atoms with Crippen molar-refractivity contribution in [3.05, 3.63) is 95.6 Å². The molecule has 37 heavy (non-hydrogen) atoms. The Morgan fingerprint density at radius 3 is 1.97 bits per heavy atom. The number of nitrogens with one attached hydrogen (secondary N) is 1. The summed E-state index contributed by atoms with van der Waals surface area (Å²) in [6.45, 7) is 2.24. The van der Waals surface area contributed by atoms with E-state index in [1.807, 2.05) is 0 Å². The third-order valence-electron chi connectivity index (χ3n) is 6.80. The largest absolute Gasteiger partial charge is 0.415 e. The summed E-state index contributed by atoms with van der Waals surface area (Å²) in [4.78, 5) is 14.3. The molecule has 0 aliphatic carbocycles. The molecule has 9 heteroatoms. The van der Waals surface area contributed by atoms with Crippen molar-refractivity contribution in [1.82, 2.24) is 4.90 Å². The van der Waals surface area contributed by atoms with Crippen molar-refractivity contribution in [2.24, 2.45) is 0 Å². The van der Waals surface area contributed by atoms with Gasteiger partial charge in [-0.3, -0.25) is 9.69 Å². The van der Waals surface area contributed by atoms with E-state index in [2.05, 4.69) is 5.32 Å². The number of hydrogen-bond acceptors (Lipinski definition) is 4. The second-order valence-corrected chi connectivity index (χ2v) is 11.4. The normalized spacial score (nSPS) is 16.3. The molecule has 1 saturated heterocycles. The van der Waals surface area contributed by atoms with Crippen molar-refractivity contribution in [2.75, 3.05) is 24.2 Å². The monoisotopic (exact) mass is 530 g/mol. The number of amides is 1. The summed E-state index contributed by atoms with van der Waals surface area (Å²) < 4.78 is 68.7. The molecule has 0 aromatic heterocycles. The minimum Gasteiger partial charge on any atom is -0.326 e. The first-order chi connectivity index (χ1) is 17.6. The van der Waals surface area contributed by atoms with Crippen LogP contribution in [0.2, 0.25) is 0 Å². The van der Waals surface area contributed by atoms with Crippen LogP contribution < -0.4 is 5.32 Å². The van der Waals surface area contributed by atoms with Crippen LogP contribution in [0.3, 0.4) is 0 Å². The van der Waals surface area contributed by atoms with Gasteiger partial charge < -0.3 is 5.32 Å². The van der Waals surface area contributed by atoms with Gasteiger partial charge in [0.15, 0.2) is 15.4 Å². The maximum Gasteiger partial charge on any atom is 0.415 e. The molecular formula is C28H29F3N2O3S. The van der Waals surface area contributed by atoms with Crippen LogP contribution in [0.5, 0.6) is 0 Å². The van der Waals surface area contributed by atoms with Gasteiger partial charge in [-0.15, -0.1) is 0 Å². The van der Waals surface area contributed by atoms with Gasteiger partial charge in [-0.2, -0.15) is 13.2 Å². The first kappa shape index (κ1) is 26.9. The van der Waals surface area contributed by atoms with Crippen LogP contribution in [0, 0.1) is 0 Å².